The highest BCUT2D eigenvalue weighted by molar-refractivity contribution is 7.16. The topological polar surface area (TPSA) is 62.7 Å². The highest BCUT2D eigenvalue weighted by atomic mass is 32.1. The summed E-state index contributed by atoms with van der Waals surface area (Å²) in [6, 6.07) is 7.63. The number of aromatic nitrogens is 1. The molecule has 3 rings (SSSR count). The largest absolute Gasteiger partial charge is 0.497 e. The van der Waals surface area contributed by atoms with Crippen molar-refractivity contribution in [3.63, 3.8) is 0 Å². The first-order valence-electron chi connectivity index (χ1n) is 8.12. The molecule has 0 spiro atoms. The Hall–Kier alpha value is -1.92. The van der Waals surface area contributed by atoms with Crippen molar-refractivity contribution in [2.24, 2.45) is 5.92 Å². The van der Waals surface area contributed by atoms with Crippen LogP contribution >= 0.6 is 11.3 Å². The van der Waals surface area contributed by atoms with Crippen LogP contribution in [-0.2, 0) is 0 Å². The SMILES string of the molecule is COc1ccc(-c2ncc(C(=O)N(C)CC3CCCC3O)s2)cc1. The van der Waals surface area contributed by atoms with Crippen LogP contribution in [0.2, 0.25) is 0 Å². The molecule has 1 aromatic heterocycles. The molecule has 1 saturated carbocycles. The quantitative estimate of drug-likeness (QED) is 0.904. The Balaban J connectivity index is 1.68. The van der Waals surface area contributed by atoms with Gasteiger partial charge in [-0.1, -0.05) is 6.42 Å². The molecule has 1 N–H and O–H groups in total. The van der Waals surface area contributed by atoms with Gasteiger partial charge >= 0.3 is 0 Å². The van der Waals surface area contributed by atoms with Crippen molar-refractivity contribution in [1.82, 2.24) is 9.88 Å². The number of methoxy groups -OCH3 is 1. The number of rotatable bonds is 5. The fourth-order valence-corrected chi connectivity index (χ4v) is 4.01. The van der Waals surface area contributed by atoms with Crippen molar-refractivity contribution in [2.75, 3.05) is 20.7 Å². The van der Waals surface area contributed by atoms with E-state index in [2.05, 4.69) is 4.98 Å². The van der Waals surface area contributed by atoms with Crippen LogP contribution in [-0.4, -0.2) is 47.7 Å². The Morgan fingerprint density at radius 3 is 2.75 bits per heavy atom. The Morgan fingerprint density at radius 2 is 2.12 bits per heavy atom. The number of aliphatic hydroxyl groups excluding tert-OH is 1. The molecule has 1 aromatic carbocycles. The van der Waals surface area contributed by atoms with E-state index in [1.54, 1.807) is 25.3 Å². The second kappa shape index (κ2) is 7.32. The van der Waals surface area contributed by atoms with E-state index in [0.717, 1.165) is 35.6 Å². The molecule has 0 saturated heterocycles. The number of hydrogen-bond donors (Lipinski definition) is 1. The van der Waals surface area contributed by atoms with Gasteiger partial charge in [0.2, 0.25) is 0 Å². The smallest absolute Gasteiger partial charge is 0.265 e. The average molecular weight is 346 g/mol. The number of carbonyl (C=O) groups excluding carboxylic acids is 1. The molecular formula is C18H22N2O3S. The predicted molar refractivity (Wildman–Crippen MR) is 94.4 cm³/mol. The molecule has 2 aromatic rings. The van der Waals surface area contributed by atoms with E-state index in [0.29, 0.717) is 11.4 Å². The van der Waals surface area contributed by atoms with Crippen molar-refractivity contribution < 1.29 is 14.6 Å². The monoisotopic (exact) mass is 346 g/mol. The molecule has 1 aliphatic carbocycles. The summed E-state index contributed by atoms with van der Waals surface area (Å²) in [7, 11) is 3.42. The van der Waals surface area contributed by atoms with Crippen LogP contribution in [0.3, 0.4) is 0 Å². The number of thiazole rings is 1. The summed E-state index contributed by atoms with van der Waals surface area (Å²) in [6.07, 6.45) is 4.22. The van der Waals surface area contributed by atoms with Gasteiger partial charge in [0.05, 0.1) is 19.4 Å². The Morgan fingerprint density at radius 1 is 1.38 bits per heavy atom. The van der Waals surface area contributed by atoms with Gasteiger partial charge in [-0.15, -0.1) is 11.3 Å². The minimum atomic E-state index is -0.281. The van der Waals surface area contributed by atoms with Crippen LogP contribution in [0.15, 0.2) is 30.5 Å². The van der Waals surface area contributed by atoms with Crippen molar-refractivity contribution in [1.29, 1.82) is 0 Å². The molecule has 2 atom stereocenters. The summed E-state index contributed by atoms with van der Waals surface area (Å²) in [5.41, 5.74) is 0.966. The second-order valence-corrected chi connectivity index (χ2v) is 7.23. The first-order valence-corrected chi connectivity index (χ1v) is 8.94. The summed E-state index contributed by atoms with van der Waals surface area (Å²) < 4.78 is 5.15. The molecule has 24 heavy (non-hydrogen) atoms. The van der Waals surface area contributed by atoms with E-state index < -0.39 is 0 Å². The van der Waals surface area contributed by atoms with Gasteiger partial charge in [-0.05, 0) is 37.1 Å². The van der Waals surface area contributed by atoms with E-state index in [1.807, 2.05) is 24.3 Å². The van der Waals surface area contributed by atoms with Crippen LogP contribution in [0.4, 0.5) is 0 Å². The minimum absolute atomic E-state index is 0.0358. The lowest BCUT2D eigenvalue weighted by Gasteiger charge is -2.22. The van der Waals surface area contributed by atoms with Crippen LogP contribution < -0.4 is 4.74 Å². The molecule has 128 valence electrons. The standard InChI is InChI=1S/C18H22N2O3S/c1-20(11-13-4-3-5-15(13)21)18(22)16-10-19-17(24-16)12-6-8-14(23-2)9-7-12/h6-10,13,15,21H,3-5,11H2,1-2H3. The van der Waals surface area contributed by atoms with Crippen molar-refractivity contribution in [2.45, 2.75) is 25.4 Å². The molecule has 1 fully saturated rings. The molecule has 1 amide bonds. The van der Waals surface area contributed by atoms with Gasteiger partial charge in [0.1, 0.15) is 15.6 Å². The van der Waals surface area contributed by atoms with Gasteiger partial charge < -0.3 is 14.7 Å². The van der Waals surface area contributed by atoms with Crippen LogP contribution in [0.1, 0.15) is 28.9 Å². The maximum atomic E-state index is 12.6. The lowest BCUT2D eigenvalue weighted by Crippen LogP contribution is -2.34. The zero-order chi connectivity index (χ0) is 17.1. The highest BCUT2D eigenvalue weighted by Crippen LogP contribution is 2.29. The van der Waals surface area contributed by atoms with Crippen LogP contribution in [0, 0.1) is 5.92 Å². The van der Waals surface area contributed by atoms with Crippen LogP contribution in [0.25, 0.3) is 10.6 Å². The lowest BCUT2D eigenvalue weighted by molar-refractivity contribution is 0.0697. The molecule has 0 aliphatic heterocycles. The van der Waals surface area contributed by atoms with Crippen LogP contribution in [0.5, 0.6) is 5.75 Å². The fourth-order valence-electron chi connectivity index (χ4n) is 3.09. The van der Waals surface area contributed by atoms with Crippen molar-refractivity contribution in [3.05, 3.63) is 35.3 Å². The zero-order valence-electron chi connectivity index (χ0n) is 13.9. The Labute approximate surface area is 145 Å². The first-order chi connectivity index (χ1) is 11.6. The van der Waals surface area contributed by atoms with Gasteiger partial charge in [0.15, 0.2) is 0 Å². The summed E-state index contributed by atoms with van der Waals surface area (Å²) in [4.78, 5) is 19.3. The van der Waals surface area contributed by atoms with E-state index in [4.69, 9.17) is 4.74 Å². The van der Waals surface area contributed by atoms with Crippen molar-refractivity contribution in [3.8, 4) is 16.3 Å². The maximum absolute atomic E-state index is 12.6. The van der Waals surface area contributed by atoms with E-state index >= 15 is 0 Å². The summed E-state index contributed by atoms with van der Waals surface area (Å²) >= 11 is 1.39. The molecule has 1 heterocycles. The highest BCUT2D eigenvalue weighted by Gasteiger charge is 2.28. The molecule has 1 aliphatic rings. The summed E-state index contributed by atoms with van der Waals surface area (Å²) in [5.74, 6) is 0.945. The molecule has 0 bridgehead atoms. The fraction of sp³-hybridized carbons (Fsp3) is 0.444. The molecular weight excluding hydrogens is 324 g/mol. The number of amides is 1. The third-order valence-corrected chi connectivity index (χ3v) is 5.56. The Bertz CT molecular complexity index is 699. The number of aliphatic hydroxyl groups is 1. The van der Waals surface area contributed by atoms with Gasteiger partial charge in [-0.25, -0.2) is 4.98 Å². The predicted octanol–water partition coefficient (Wildman–Crippen LogP) is 3.05. The van der Waals surface area contributed by atoms with Gasteiger partial charge in [0, 0.05) is 25.1 Å². The number of carbonyl (C=O) groups is 1. The summed E-state index contributed by atoms with van der Waals surface area (Å²) in [6.45, 7) is 0.593. The third kappa shape index (κ3) is 3.60. The molecule has 5 nitrogen and oxygen atoms in total. The third-order valence-electron chi connectivity index (χ3n) is 4.53. The van der Waals surface area contributed by atoms with Gasteiger partial charge in [-0.2, -0.15) is 0 Å². The summed E-state index contributed by atoms with van der Waals surface area (Å²) in [5, 5.41) is 10.7. The number of ether oxygens (including phenoxy) is 1. The maximum Gasteiger partial charge on any atom is 0.265 e. The van der Waals surface area contributed by atoms with Gasteiger partial charge in [-0.3, -0.25) is 4.79 Å². The number of hydrogen-bond acceptors (Lipinski definition) is 5. The van der Waals surface area contributed by atoms with E-state index in [9.17, 15) is 9.90 Å². The Kier molecular flexibility index (Phi) is 5.16. The average Bonchev–Trinajstić information content (AvgIpc) is 3.24. The lowest BCUT2D eigenvalue weighted by atomic mass is 10.1. The number of benzene rings is 1. The van der Waals surface area contributed by atoms with E-state index in [-0.39, 0.29) is 17.9 Å². The first kappa shape index (κ1) is 16.9. The molecule has 6 heteroatoms. The van der Waals surface area contributed by atoms with Crippen molar-refractivity contribution >= 4 is 17.2 Å². The zero-order valence-corrected chi connectivity index (χ0v) is 14.8. The minimum Gasteiger partial charge on any atom is -0.497 e. The second-order valence-electron chi connectivity index (χ2n) is 6.20. The number of nitrogens with zero attached hydrogens (tertiary/aromatic N) is 2. The molecule has 2 unspecified atom stereocenters. The molecule has 0 radical (unpaired) electrons. The normalized spacial score (nSPS) is 20.1. The van der Waals surface area contributed by atoms with Gasteiger partial charge in [0.25, 0.3) is 5.91 Å². The van der Waals surface area contributed by atoms with E-state index in [1.165, 1.54) is 11.3 Å².